The van der Waals surface area contributed by atoms with Gasteiger partial charge in [0.2, 0.25) is 5.91 Å². The van der Waals surface area contributed by atoms with Crippen LogP contribution in [0.4, 0.5) is 18.3 Å². The Labute approximate surface area is 223 Å². The van der Waals surface area contributed by atoms with Crippen LogP contribution in [0.1, 0.15) is 60.8 Å². The molecule has 2 amide bonds. The number of carbonyl (C=O) groups is 2. The maximum atomic E-state index is 13.7. The summed E-state index contributed by atoms with van der Waals surface area (Å²) in [6.07, 6.45) is 4.66. The van der Waals surface area contributed by atoms with Crippen LogP contribution in [-0.4, -0.2) is 51.4 Å². The summed E-state index contributed by atoms with van der Waals surface area (Å²) in [5.41, 5.74) is -0.134. The molecule has 1 aliphatic heterocycles. The van der Waals surface area contributed by atoms with Crippen molar-refractivity contribution in [2.24, 2.45) is 0 Å². The zero-order valence-corrected chi connectivity index (χ0v) is 22.2. The van der Waals surface area contributed by atoms with Crippen molar-refractivity contribution < 1.29 is 27.9 Å². The summed E-state index contributed by atoms with van der Waals surface area (Å²) in [4.78, 5) is 32.5. The third-order valence-corrected chi connectivity index (χ3v) is 7.00. The highest BCUT2D eigenvalue weighted by molar-refractivity contribution is 7.17. The Morgan fingerprint density at radius 3 is 2.45 bits per heavy atom. The summed E-state index contributed by atoms with van der Waals surface area (Å²) in [5.74, 6) is -4.26. The van der Waals surface area contributed by atoms with E-state index in [1.54, 1.807) is 32.1 Å². The van der Waals surface area contributed by atoms with Gasteiger partial charge in [-0.3, -0.25) is 14.9 Å². The Balaban J connectivity index is 1.85. The van der Waals surface area contributed by atoms with E-state index >= 15 is 0 Å². The lowest BCUT2D eigenvalue weighted by atomic mass is 10.0. The normalized spacial score (nSPS) is 16.9. The van der Waals surface area contributed by atoms with Gasteiger partial charge in [0.1, 0.15) is 16.9 Å². The van der Waals surface area contributed by atoms with Gasteiger partial charge in [0.15, 0.2) is 5.13 Å². The van der Waals surface area contributed by atoms with E-state index in [-0.39, 0.29) is 28.8 Å². The van der Waals surface area contributed by atoms with Crippen molar-refractivity contribution in [2.75, 3.05) is 18.4 Å². The molecule has 1 saturated heterocycles. The SMILES string of the molecule is C=C/C(=C\C=C/C)c1nc(NC(=O)C(C)(C)NC(O)c2ccc(F)cc2)sc1C(=O)N1CCC(F)(F)CC1. The summed E-state index contributed by atoms with van der Waals surface area (Å²) in [7, 11) is 0. The minimum absolute atomic E-state index is 0.0922. The molecule has 1 aromatic carbocycles. The second-order valence-corrected chi connectivity index (χ2v) is 10.4. The number of piperidine rings is 1. The number of nitrogens with zero attached hydrogens (tertiary/aromatic N) is 2. The molecule has 1 atom stereocenters. The number of hydrogen-bond acceptors (Lipinski definition) is 6. The molecule has 3 N–H and O–H groups in total. The number of likely N-dealkylation sites (tertiary alicyclic amines) is 1. The molecule has 1 aromatic heterocycles. The summed E-state index contributed by atoms with van der Waals surface area (Å²) in [5, 5.41) is 16.1. The van der Waals surface area contributed by atoms with Crippen LogP contribution in [0.5, 0.6) is 0 Å². The number of allylic oxidation sites excluding steroid dienone is 5. The first-order chi connectivity index (χ1) is 17.9. The number of rotatable bonds is 9. The van der Waals surface area contributed by atoms with Crippen molar-refractivity contribution in [1.82, 2.24) is 15.2 Å². The summed E-state index contributed by atoms with van der Waals surface area (Å²) in [6.45, 7) is 8.52. The standard InChI is InChI=1S/C27H31F3N4O3S/c1-5-7-8-17(6-2)20-21(23(36)34-15-13-27(29,30)14-16-34)38-25(31-20)32-24(37)26(3,4)33-22(35)18-9-11-19(28)12-10-18/h5-12,22,33,35H,2,13-16H2,1,3-4H3,(H,31,32,37)/b7-5-,17-8+. The Kier molecular flexibility index (Phi) is 9.29. The molecule has 2 heterocycles. The Bertz CT molecular complexity index is 1230. The van der Waals surface area contributed by atoms with Gasteiger partial charge in [0, 0.05) is 31.5 Å². The first kappa shape index (κ1) is 29.3. The number of thiazole rings is 1. The highest BCUT2D eigenvalue weighted by atomic mass is 32.1. The van der Waals surface area contributed by atoms with Crippen molar-refractivity contribution in [3.63, 3.8) is 0 Å². The van der Waals surface area contributed by atoms with Crippen LogP contribution in [0, 0.1) is 5.82 Å². The number of carbonyl (C=O) groups excluding carboxylic acids is 2. The Hall–Kier alpha value is -3.28. The number of anilines is 1. The fourth-order valence-corrected chi connectivity index (χ4v) is 4.68. The minimum atomic E-state index is -2.80. The van der Waals surface area contributed by atoms with Gasteiger partial charge in [0.25, 0.3) is 11.8 Å². The molecule has 0 spiro atoms. The molecule has 204 valence electrons. The van der Waals surface area contributed by atoms with Gasteiger partial charge in [-0.15, -0.1) is 0 Å². The maximum Gasteiger partial charge on any atom is 0.266 e. The number of hydrogen-bond donors (Lipinski definition) is 3. The minimum Gasteiger partial charge on any atom is -0.374 e. The van der Waals surface area contributed by atoms with E-state index in [1.165, 1.54) is 35.2 Å². The quantitative estimate of drug-likeness (QED) is 0.292. The van der Waals surface area contributed by atoms with E-state index in [4.69, 9.17) is 0 Å². The van der Waals surface area contributed by atoms with E-state index in [9.17, 15) is 27.9 Å². The van der Waals surface area contributed by atoms with E-state index < -0.39 is 48.2 Å². The number of nitrogens with one attached hydrogen (secondary N) is 2. The first-order valence-corrected chi connectivity index (χ1v) is 12.8. The van der Waals surface area contributed by atoms with Gasteiger partial charge in [0.05, 0.1) is 11.2 Å². The molecule has 0 aliphatic carbocycles. The molecule has 1 unspecified atom stereocenters. The number of amides is 2. The van der Waals surface area contributed by atoms with Crippen LogP contribution in [0.25, 0.3) is 5.57 Å². The molecule has 0 bridgehead atoms. The fourth-order valence-electron chi connectivity index (χ4n) is 3.73. The zero-order valence-electron chi connectivity index (χ0n) is 21.4. The zero-order chi connectivity index (χ0) is 28.1. The van der Waals surface area contributed by atoms with Gasteiger partial charge < -0.3 is 15.3 Å². The molecule has 3 rings (SSSR count). The third kappa shape index (κ3) is 7.18. The van der Waals surface area contributed by atoms with Crippen LogP contribution < -0.4 is 10.6 Å². The Morgan fingerprint density at radius 2 is 1.87 bits per heavy atom. The number of aliphatic hydroxyl groups is 1. The van der Waals surface area contributed by atoms with Crippen LogP contribution in [0.3, 0.4) is 0 Å². The predicted octanol–water partition coefficient (Wildman–Crippen LogP) is 5.30. The molecule has 11 heteroatoms. The van der Waals surface area contributed by atoms with Crippen LogP contribution in [-0.2, 0) is 4.79 Å². The van der Waals surface area contributed by atoms with E-state index in [1.807, 2.05) is 6.92 Å². The number of alkyl halides is 2. The highest BCUT2D eigenvalue weighted by Crippen LogP contribution is 2.33. The van der Waals surface area contributed by atoms with Crippen molar-refractivity contribution >= 4 is 33.9 Å². The van der Waals surface area contributed by atoms with Crippen LogP contribution in [0.2, 0.25) is 0 Å². The van der Waals surface area contributed by atoms with Crippen molar-refractivity contribution in [3.8, 4) is 0 Å². The second-order valence-electron chi connectivity index (χ2n) is 9.37. The van der Waals surface area contributed by atoms with Gasteiger partial charge in [-0.1, -0.05) is 54.4 Å². The first-order valence-electron chi connectivity index (χ1n) is 12.0. The fraction of sp³-hybridized carbons (Fsp3) is 0.370. The van der Waals surface area contributed by atoms with Crippen LogP contribution >= 0.6 is 11.3 Å². The van der Waals surface area contributed by atoms with E-state index in [2.05, 4.69) is 22.2 Å². The highest BCUT2D eigenvalue weighted by Gasteiger charge is 2.37. The molecular weight excluding hydrogens is 517 g/mol. The second kappa shape index (κ2) is 12.1. The molecular formula is C27H31F3N4O3S. The monoisotopic (exact) mass is 548 g/mol. The van der Waals surface area contributed by atoms with Gasteiger partial charge >= 0.3 is 0 Å². The molecule has 38 heavy (non-hydrogen) atoms. The molecule has 1 fully saturated rings. The molecule has 0 saturated carbocycles. The van der Waals surface area contributed by atoms with Crippen molar-refractivity contribution in [3.05, 3.63) is 77.1 Å². The molecule has 0 radical (unpaired) electrons. The maximum absolute atomic E-state index is 13.7. The number of aliphatic hydroxyl groups excluding tert-OH is 1. The molecule has 2 aromatic rings. The summed E-state index contributed by atoms with van der Waals surface area (Å²) in [6, 6.07) is 5.20. The Morgan fingerprint density at radius 1 is 1.24 bits per heavy atom. The average Bonchev–Trinajstić information content (AvgIpc) is 3.27. The summed E-state index contributed by atoms with van der Waals surface area (Å²) < 4.78 is 40.5. The largest absolute Gasteiger partial charge is 0.374 e. The van der Waals surface area contributed by atoms with E-state index in [0.29, 0.717) is 11.1 Å². The topological polar surface area (TPSA) is 94.6 Å². The van der Waals surface area contributed by atoms with E-state index in [0.717, 1.165) is 11.3 Å². The summed E-state index contributed by atoms with van der Waals surface area (Å²) >= 11 is 0.933. The van der Waals surface area contributed by atoms with Gasteiger partial charge in [-0.05, 0) is 38.5 Å². The molecule has 1 aliphatic rings. The lowest BCUT2D eigenvalue weighted by molar-refractivity contribution is -0.122. The average molecular weight is 549 g/mol. The van der Waals surface area contributed by atoms with Gasteiger partial charge in [-0.25, -0.2) is 18.2 Å². The number of benzene rings is 1. The lowest BCUT2D eigenvalue weighted by Gasteiger charge is -2.31. The van der Waals surface area contributed by atoms with Crippen molar-refractivity contribution in [2.45, 2.75) is 51.3 Å². The molecule has 7 nitrogen and oxygen atoms in total. The van der Waals surface area contributed by atoms with Crippen LogP contribution in [0.15, 0.2) is 55.1 Å². The smallest absolute Gasteiger partial charge is 0.266 e. The van der Waals surface area contributed by atoms with Gasteiger partial charge in [-0.2, -0.15) is 0 Å². The number of aromatic nitrogens is 1. The lowest BCUT2D eigenvalue weighted by Crippen LogP contribution is -2.51. The number of halogens is 3. The van der Waals surface area contributed by atoms with Crippen molar-refractivity contribution in [1.29, 1.82) is 0 Å². The predicted molar refractivity (Wildman–Crippen MR) is 142 cm³/mol. The third-order valence-electron chi connectivity index (χ3n) is 6.04.